The SMILES string of the molecule is CCCCCC(=O)NNC(=S)NC(=O)c1ccc(OCCc2ccccc2)c(Br)c1. The van der Waals surface area contributed by atoms with E-state index in [1.54, 1.807) is 18.2 Å². The number of rotatable bonds is 9. The van der Waals surface area contributed by atoms with Gasteiger partial charge in [-0.2, -0.15) is 0 Å². The number of carbonyl (C=O) groups is 2. The fourth-order valence-electron chi connectivity index (χ4n) is 2.61. The minimum Gasteiger partial charge on any atom is -0.492 e. The topological polar surface area (TPSA) is 79.5 Å². The molecule has 0 atom stereocenters. The van der Waals surface area contributed by atoms with E-state index in [9.17, 15) is 9.59 Å². The predicted molar refractivity (Wildman–Crippen MR) is 125 cm³/mol. The Kier molecular flexibility index (Phi) is 10.3. The second kappa shape index (κ2) is 13.0. The number of thiocarbonyl (C=S) groups is 1. The lowest BCUT2D eigenvalue weighted by Crippen LogP contribution is -2.48. The van der Waals surface area contributed by atoms with Gasteiger partial charge in [-0.05, 0) is 58.3 Å². The number of hydrogen-bond donors (Lipinski definition) is 3. The molecule has 0 fully saturated rings. The lowest BCUT2D eigenvalue weighted by Gasteiger charge is -2.12. The van der Waals surface area contributed by atoms with Gasteiger partial charge in [-0.15, -0.1) is 0 Å². The normalized spacial score (nSPS) is 10.2. The highest BCUT2D eigenvalue weighted by atomic mass is 79.9. The second-order valence-corrected chi connectivity index (χ2v) is 7.91. The number of benzene rings is 2. The molecule has 0 aliphatic rings. The highest BCUT2D eigenvalue weighted by Gasteiger charge is 2.11. The molecule has 2 amide bonds. The molecular weight excluding hydrogens is 466 g/mol. The van der Waals surface area contributed by atoms with Gasteiger partial charge in [0.15, 0.2) is 5.11 Å². The summed E-state index contributed by atoms with van der Waals surface area (Å²) < 4.78 is 6.47. The Balaban J connectivity index is 1.78. The molecule has 0 unspecified atom stereocenters. The van der Waals surface area contributed by atoms with E-state index in [0.717, 1.165) is 25.7 Å². The third-order valence-electron chi connectivity index (χ3n) is 4.24. The van der Waals surface area contributed by atoms with Gasteiger partial charge in [0.25, 0.3) is 5.91 Å². The van der Waals surface area contributed by atoms with Crippen LogP contribution in [0.3, 0.4) is 0 Å². The summed E-state index contributed by atoms with van der Waals surface area (Å²) >= 11 is 8.49. The van der Waals surface area contributed by atoms with Gasteiger partial charge < -0.3 is 4.74 Å². The molecular formula is C22H26BrN3O3S. The molecule has 160 valence electrons. The van der Waals surface area contributed by atoms with E-state index >= 15 is 0 Å². The van der Waals surface area contributed by atoms with Gasteiger partial charge in [0.05, 0.1) is 11.1 Å². The summed E-state index contributed by atoms with van der Waals surface area (Å²) in [5, 5.41) is 2.57. The van der Waals surface area contributed by atoms with E-state index in [1.807, 2.05) is 18.2 Å². The lowest BCUT2D eigenvalue weighted by atomic mass is 10.2. The third kappa shape index (κ3) is 8.51. The molecule has 0 aromatic heterocycles. The standard InChI is InChI=1S/C22H26BrN3O3S/c1-2-3-5-10-20(27)25-26-22(30)24-21(28)17-11-12-19(18(23)15-17)29-14-13-16-8-6-4-7-9-16/h4,6-9,11-12,15H,2-3,5,10,13-14H2,1H3,(H,25,27)(H2,24,26,28,30). The van der Waals surface area contributed by atoms with Crippen LogP contribution in [0.15, 0.2) is 53.0 Å². The predicted octanol–water partition coefficient (Wildman–Crippen LogP) is 4.29. The Morgan fingerprint density at radius 2 is 1.83 bits per heavy atom. The van der Waals surface area contributed by atoms with Crippen molar-refractivity contribution in [3.63, 3.8) is 0 Å². The van der Waals surface area contributed by atoms with Gasteiger partial charge in [0, 0.05) is 18.4 Å². The zero-order chi connectivity index (χ0) is 21.8. The second-order valence-electron chi connectivity index (χ2n) is 6.64. The quantitative estimate of drug-likeness (QED) is 0.277. The number of unbranched alkanes of at least 4 members (excludes halogenated alkanes) is 2. The summed E-state index contributed by atoms with van der Waals surface area (Å²) in [5.41, 5.74) is 6.63. The monoisotopic (exact) mass is 491 g/mol. The minimum absolute atomic E-state index is 0.0307. The number of carbonyl (C=O) groups excluding carboxylic acids is 2. The molecule has 0 aliphatic carbocycles. The van der Waals surface area contributed by atoms with E-state index in [2.05, 4.69) is 51.2 Å². The number of nitrogens with one attached hydrogen (secondary N) is 3. The Morgan fingerprint density at radius 1 is 1.07 bits per heavy atom. The summed E-state index contributed by atoms with van der Waals surface area (Å²) in [4.78, 5) is 24.0. The maximum atomic E-state index is 12.4. The number of halogens is 1. The van der Waals surface area contributed by atoms with E-state index in [0.29, 0.717) is 28.8 Å². The van der Waals surface area contributed by atoms with Crippen LogP contribution in [-0.2, 0) is 11.2 Å². The Hall–Kier alpha value is -2.45. The first-order valence-corrected chi connectivity index (χ1v) is 11.1. The molecule has 0 aliphatic heterocycles. The van der Waals surface area contributed by atoms with Gasteiger partial charge >= 0.3 is 0 Å². The summed E-state index contributed by atoms with van der Waals surface area (Å²) in [6.07, 6.45) is 4.06. The van der Waals surface area contributed by atoms with Gasteiger partial charge in [0.1, 0.15) is 5.75 Å². The lowest BCUT2D eigenvalue weighted by molar-refractivity contribution is -0.121. The van der Waals surface area contributed by atoms with Gasteiger partial charge in [-0.1, -0.05) is 50.1 Å². The Morgan fingerprint density at radius 3 is 2.53 bits per heavy atom. The molecule has 2 rings (SSSR count). The van der Waals surface area contributed by atoms with E-state index in [-0.39, 0.29) is 16.9 Å². The first-order chi connectivity index (χ1) is 14.5. The van der Waals surface area contributed by atoms with E-state index in [1.165, 1.54) is 5.56 Å². The largest absolute Gasteiger partial charge is 0.492 e. The molecule has 0 heterocycles. The zero-order valence-electron chi connectivity index (χ0n) is 16.9. The van der Waals surface area contributed by atoms with Crippen molar-refractivity contribution >= 4 is 45.1 Å². The Labute approximate surface area is 190 Å². The molecule has 2 aromatic carbocycles. The fraction of sp³-hybridized carbons (Fsp3) is 0.318. The maximum absolute atomic E-state index is 12.4. The molecule has 6 nitrogen and oxygen atoms in total. The molecule has 0 saturated carbocycles. The van der Waals surface area contributed by atoms with Crippen molar-refractivity contribution in [2.45, 2.75) is 39.0 Å². The third-order valence-corrected chi connectivity index (χ3v) is 5.06. The number of ether oxygens (including phenoxy) is 1. The zero-order valence-corrected chi connectivity index (χ0v) is 19.3. The van der Waals surface area contributed by atoms with Crippen LogP contribution in [0.4, 0.5) is 0 Å². The molecule has 3 N–H and O–H groups in total. The summed E-state index contributed by atoms with van der Waals surface area (Å²) in [5.74, 6) is 0.103. The van der Waals surface area contributed by atoms with Crippen molar-refractivity contribution in [3.05, 3.63) is 64.1 Å². The van der Waals surface area contributed by atoms with Crippen LogP contribution in [0.2, 0.25) is 0 Å². The van der Waals surface area contributed by atoms with Crippen molar-refractivity contribution in [3.8, 4) is 5.75 Å². The smallest absolute Gasteiger partial charge is 0.257 e. The minimum atomic E-state index is -0.385. The maximum Gasteiger partial charge on any atom is 0.257 e. The van der Waals surface area contributed by atoms with Crippen LogP contribution >= 0.6 is 28.1 Å². The van der Waals surface area contributed by atoms with Crippen molar-refractivity contribution < 1.29 is 14.3 Å². The van der Waals surface area contributed by atoms with E-state index < -0.39 is 0 Å². The highest BCUT2D eigenvalue weighted by molar-refractivity contribution is 9.10. The summed E-state index contributed by atoms with van der Waals surface area (Å²) in [7, 11) is 0. The van der Waals surface area contributed by atoms with Gasteiger partial charge in [0.2, 0.25) is 5.91 Å². The van der Waals surface area contributed by atoms with E-state index in [4.69, 9.17) is 17.0 Å². The molecule has 0 spiro atoms. The molecule has 0 bridgehead atoms. The summed E-state index contributed by atoms with van der Waals surface area (Å²) in [6, 6.07) is 15.1. The van der Waals surface area contributed by atoms with Crippen molar-refractivity contribution in [2.24, 2.45) is 0 Å². The number of hydrazine groups is 1. The van der Waals surface area contributed by atoms with Crippen LogP contribution in [0.25, 0.3) is 0 Å². The number of hydrogen-bond acceptors (Lipinski definition) is 4. The summed E-state index contributed by atoms with van der Waals surface area (Å²) in [6.45, 7) is 2.60. The van der Waals surface area contributed by atoms with Crippen molar-refractivity contribution in [1.29, 1.82) is 0 Å². The van der Waals surface area contributed by atoms with Crippen LogP contribution in [0.1, 0.15) is 48.5 Å². The average Bonchev–Trinajstić information content (AvgIpc) is 2.74. The first-order valence-electron chi connectivity index (χ1n) is 9.86. The molecule has 8 heteroatoms. The van der Waals surface area contributed by atoms with Crippen LogP contribution < -0.4 is 20.9 Å². The highest BCUT2D eigenvalue weighted by Crippen LogP contribution is 2.26. The number of amides is 2. The van der Waals surface area contributed by atoms with Crippen molar-refractivity contribution in [1.82, 2.24) is 16.2 Å². The fourth-order valence-corrected chi connectivity index (χ4v) is 3.25. The molecule has 2 aromatic rings. The molecule has 30 heavy (non-hydrogen) atoms. The van der Waals surface area contributed by atoms with Gasteiger partial charge in [-0.3, -0.25) is 25.8 Å². The average molecular weight is 492 g/mol. The van der Waals surface area contributed by atoms with Crippen LogP contribution in [-0.4, -0.2) is 23.5 Å². The van der Waals surface area contributed by atoms with Gasteiger partial charge in [-0.25, -0.2) is 0 Å². The molecule has 0 saturated heterocycles. The molecule has 0 radical (unpaired) electrons. The van der Waals surface area contributed by atoms with Crippen LogP contribution in [0.5, 0.6) is 5.75 Å². The first kappa shape index (κ1) is 23.8. The Bertz CT molecular complexity index is 862. The van der Waals surface area contributed by atoms with Crippen molar-refractivity contribution in [2.75, 3.05) is 6.61 Å². The van der Waals surface area contributed by atoms with Crippen LogP contribution in [0, 0.1) is 0 Å².